The fourth-order valence-electron chi connectivity index (χ4n) is 2.09. The summed E-state index contributed by atoms with van der Waals surface area (Å²) in [5, 5.41) is 18.3. The van der Waals surface area contributed by atoms with Gasteiger partial charge >= 0.3 is 16.2 Å². The Kier molecular flexibility index (Phi) is 4.15. The number of aromatic carboxylic acids is 1. The van der Waals surface area contributed by atoms with Crippen LogP contribution in [-0.4, -0.2) is 42.0 Å². The Morgan fingerprint density at radius 2 is 1.85 bits per heavy atom. The predicted molar refractivity (Wildman–Crippen MR) is 73.0 cm³/mol. The van der Waals surface area contributed by atoms with Gasteiger partial charge in [0, 0.05) is 19.2 Å². The molecule has 2 rings (SSSR count). The van der Waals surface area contributed by atoms with E-state index in [9.17, 15) is 18.3 Å². The number of nitrogens with one attached hydrogen (secondary N) is 1. The quantitative estimate of drug-likeness (QED) is 0.775. The molecule has 0 spiro atoms. The highest BCUT2D eigenvalue weighted by molar-refractivity contribution is 7.90. The third kappa shape index (κ3) is 3.20. The number of piperidine rings is 1. The number of anilines is 1. The Balaban J connectivity index is 2.17. The molecule has 0 atom stereocenters. The number of benzene rings is 1. The van der Waals surface area contributed by atoms with Crippen LogP contribution in [0, 0.1) is 0 Å². The summed E-state index contributed by atoms with van der Waals surface area (Å²) < 4.78 is 27.9. The van der Waals surface area contributed by atoms with E-state index in [1.54, 1.807) is 0 Å². The molecule has 0 bridgehead atoms. The molecular weight excluding hydrogens is 284 g/mol. The van der Waals surface area contributed by atoms with Gasteiger partial charge in [-0.15, -0.1) is 0 Å². The summed E-state index contributed by atoms with van der Waals surface area (Å²) in [7, 11) is -3.66. The fraction of sp³-hybridized carbons (Fsp3) is 0.417. The zero-order chi connectivity index (χ0) is 14.8. The minimum absolute atomic E-state index is 0.137. The van der Waals surface area contributed by atoms with Crippen molar-refractivity contribution in [3.63, 3.8) is 0 Å². The SMILES string of the molecule is O=C(O)c1ccc(NS(=O)(=O)N2CCCCC2)cc1O. The van der Waals surface area contributed by atoms with Crippen LogP contribution in [0.4, 0.5) is 5.69 Å². The fourth-order valence-corrected chi connectivity index (χ4v) is 3.39. The average Bonchev–Trinajstić information content (AvgIpc) is 2.39. The van der Waals surface area contributed by atoms with Crippen LogP contribution >= 0.6 is 0 Å². The lowest BCUT2D eigenvalue weighted by molar-refractivity contribution is 0.0694. The molecule has 0 amide bonds. The second-order valence-electron chi connectivity index (χ2n) is 4.60. The van der Waals surface area contributed by atoms with Gasteiger partial charge in [-0.3, -0.25) is 4.72 Å². The van der Waals surface area contributed by atoms with Crippen molar-refractivity contribution >= 4 is 21.9 Å². The zero-order valence-corrected chi connectivity index (χ0v) is 11.6. The smallest absolute Gasteiger partial charge is 0.339 e. The van der Waals surface area contributed by atoms with E-state index in [4.69, 9.17) is 5.11 Å². The first-order valence-electron chi connectivity index (χ1n) is 6.24. The van der Waals surface area contributed by atoms with Gasteiger partial charge in [-0.2, -0.15) is 12.7 Å². The molecule has 7 nitrogen and oxygen atoms in total. The Hall–Kier alpha value is -1.80. The molecule has 20 heavy (non-hydrogen) atoms. The maximum Gasteiger partial charge on any atom is 0.339 e. The molecular formula is C12H16N2O5S. The number of hydrogen-bond acceptors (Lipinski definition) is 4. The summed E-state index contributed by atoms with van der Waals surface area (Å²) in [4.78, 5) is 10.8. The number of carbonyl (C=O) groups is 1. The summed E-state index contributed by atoms with van der Waals surface area (Å²) in [6.07, 6.45) is 2.66. The second kappa shape index (κ2) is 5.68. The molecule has 1 aliphatic rings. The van der Waals surface area contributed by atoms with E-state index in [0.29, 0.717) is 13.1 Å². The lowest BCUT2D eigenvalue weighted by Gasteiger charge is -2.26. The number of nitrogens with zero attached hydrogens (tertiary/aromatic N) is 1. The lowest BCUT2D eigenvalue weighted by Crippen LogP contribution is -2.39. The van der Waals surface area contributed by atoms with E-state index in [1.807, 2.05) is 0 Å². The Morgan fingerprint density at radius 1 is 1.20 bits per heavy atom. The monoisotopic (exact) mass is 300 g/mol. The molecule has 1 heterocycles. The number of rotatable bonds is 4. The summed E-state index contributed by atoms with van der Waals surface area (Å²) in [5.74, 6) is -1.75. The highest BCUT2D eigenvalue weighted by Crippen LogP contribution is 2.24. The minimum Gasteiger partial charge on any atom is -0.507 e. The predicted octanol–water partition coefficient (Wildman–Crippen LogP) is 1.23. The maximum atomic E-state index is 12.1. The van der Waals surface area contributed by atoms with Crippen molar-refractivity contribution in [3.8, 4) is 5.75 Å². The molecule has 3 N–H and O–H groups in total. The molecule has 0 aliphatic carbocycles. The number of aromatic hydroxyl groups is 1. The van der Waals surface area contributed by atoms with E-state index < -0.39 is 21.9 Å². The molecule has 1 aliphatic heterocycles. The summed E-state index contributed by atoms with van der Waals surface area (Å²) >= 11 is 0. The van der Waals surface area contributed by atoms with Crippen LogP contribution in [0.1, 0.15) is 29.6 Å². The highest BCUT2D eigenvalue weighted by atomic mass is 32.2. The van der Waals surface area contributed by atoms with Crippen molar-refractivity contribution in [2.45, 2.75) is 19.3 Å². The molecule has 1 aromatic carbocycles. The van der Waals surface area contributed by atoms with Gasteiger partial charge in [0.1, 0.15) is 11.3 Å². The van der Waals surface area contributed by atoms with Gasteiger partial charge in [0.25, 0.3) is 0 Å². The Morgan fingerprint density at radius 3 is 2.40 bits per heavy atom. The topological polar surface area (TPSA) is 107 Å². The van der Waals surface area contributed by atoms with Gasteiger partial charge in [-0.1, -0.05) is 6.42 Å². The van der Waals surface area contributed by atoms with Crippen molar-refractivity contribution in [3.05, 3.63) is 23.8 Å². The van der Waals surface area contributed by atoms with Crippen molar-refractivity contribution in [2.75, 3.05) is 17.8 Å². The maximum absolute atomic E-state index is 12.1. The van der Waals surface area contributed by atoms with Crippen molar-refractivity contribution in [1.29, 1.82) is 0 Å². The Bertz CT molecular complexity index is 608. The van der Waals surface area contributed by atoms with Crippen LogP contribution in [0.15, 0.2) is 18.2 Å². The van der Waals surface area contributed by atoms with E-state index in [1.165, 1.54) is 10.4 Å². The molecule has 8 heteroatoms. The standard InChI is InChI=1S/C12H16N2O5S/c15-11-8-9(4-5-10(11)12(16)17)13-20(18,19)14-6-2-1-3-7-14/h4-5,8,13,15H,1-3,6-7H2,(H,16,17). The molecule has 0 unspecified atom stereocenters. The van der Waals surface area contributed by atoms with E-state index in [2.05, 4.69) is 4.72 Å². The largest absolute Gasteiger partial charge is 0.507 e. The molecule has 1 fully saturated rings. The summed E-state index contributed by atoms with van der Waals surface area (Å²) in [6.45, 7) is 0.934. The van der Waals surface area contributed by atoms with Gasteiger partial charge in [0.15, 0.2) is 0 Å². The van der Waals surface area contributed by atoms with Gasteiger partial charge in [0.05, 0.1) is 5.69 Å². The number of carboxylic acid groups (broad SMARTS) is 1. The molecule has 0 radical (unpaired) electrons. The van der Waals surface area contributed by atoms with Gasteiger partial charge in [0.2, 0.25) is 0 Å². The molecule has 0 saturated carbocycles. The first-order chi connectivity index (χ1) is 9.40. The van der Waals surface area contributed by atoms with E-state index in [-0.39, 0.29) is 11.3 Å². The summed E-state index contributed by atoms with van der Waals surface area (Å²) in [5.41, 5.74) is -0.135. The molecule has 1 aromatic rings. The summed E-state index contributed by atoms with van der Waals surface area (Å²) in [6, 6.07) is 3.56. The van der Waals surface area contributed by atoms with Gasteiger partial charge < -0.3 is 10.2 Å². The average molecular weight is 300 g/mol. The highest BCUT2D eigenvalue weighted by Gasteiger charge is 2.24. The van der Waals surface area contributed by atoms with Crippen LogP contribution in [0.2, 0.25) is 0 Å². The number of phenols is 1. The third-order valence-corrected chi connectivity index (χ3v) is 4.67. The Labute approximate surface area is 117 Å². The third-order valence-electron chi connectivity index (χ3n) is 3.13. The van der Waals surface area contributed by atoms with E-state index >= 15 is 0 Å². The first kappa shape index (κ1) is 14.6. The number of hydrogen-bond donors (Lipinski definition) is 3. The zero-order valence-electron chi connectivity index (χ0n) is 10.7. The molecule has 110 valence electrons. The van der Waals surface area contributed by atoms with Crippen molar-refractivity contribution < 1.29 is 23.4 Å². The van der Waals surface area contributed by atoms with Crippen LogP contribution in [0.25, 0.3) is 0 Å². The second-order valence-corrected chi connectivity index (χ2v) is 6.27. The van der Waals surface area contributed by atoms with Gasteiger partial charge in [-0.05, 0) is 25.0 Å². The van der Waals surface area contributed by atoms with Crippen LogP contribution in [0.5, 0.6) is 5.75 Å². The number of carboxylic acids is 1. The molecule has 0 aromatic heterocycles. The van der Waals surface area contributed by atoms with E-state index in [0.717, 1.165) is 31.4 Å². The normalized spacial score (nSPS) is 16.8. The first-order valence-corrected chi connectivity index (χ1v) is 7.68. The van der Waals surface area contributed by atoms with Crippen molar-refractivity contribution in [1.82, 2.24) is 4.31 Å². The van der Waals surface area contributed by atoms with Crippen LogP contribution < -0.4 is 4.72 Å². The van der Waals surface area contributed by atoms with Crippen LogP contribution in [-0.2, 0) is 10.2 Å². The van der Waals surface area contributed by atoms with Gasteiger partial charge in [-0.25, -0.2) is 4.79 Å². The van der Waals surface area contributed by atoms with Crippen molar-refractivity contribution in [2.24, 2.45) is 0 Å². The van der Waals surface area contributed by atoms with Crippen LogP contribution in [0.3, 0.4) is 0 Å². The lowest BCUT2D eigenvalue weighted by atomic mass is 10.2. The minimum atomic E-state index is -3.66. The molecule has 1 saturated heterocycles.